The zero-order valence-electron chi connectivity index (χ0n) is 11.6. The number of benzene rings is 1. The Hall–Kier alpha value is -1.86. The summed E-state index contributed by atoms with van der Waals surface area (Å²) in [5.74, 6) is -1.40. The number of para-hydroxylation sites is 1. The van der Waals surface area contributed by atoms with Crippen molar-refractivity contribution < 1.29 is 18.7 Å². The summed E-state index contributed by atoms with van der Waals surface area (Å²) in [5.41, 5.74) is 10.5. The number of halogens is 2. The summed E-state index contributed by atoms with van der Waals surface area (Å²) < 4.78 is 18.5. The molecular weight excluding hydrogens is 301 g/mol. The van der Waals surface area contributed by atoms with Crippen LogP contribution in [0.25, 0.3) is 0 Å². The molecule has 0 aliphatic rings. The minimum absolute atomic E-state index is 0. The number of carbonyl (C=O) groups is 2. The smallest absolute Gasteiger partial charge is 0.239 e. The van der Waals surface area contributed by atoms with Crippen LogP contribution in [-0.4, -0.2) is 43.0 Å². The van der Waals surface area contributed by atoms with E-state index in [1.54, 1.807) is 12.1 Å². The van der Waals surface area contributed by atoms with Crippen molar-refractivity contribution in [1.29, 1.82) is 0 Å². The molecule has 0 heterocycles. The Morgan fingerprint density at radius 1 is 1.38 bits per heavy atom. The normalized spacial score (nSPS) is 11.2. The molecule has 0 fully saturated rings. The van der Waals surface area contributed by atoms with Gasteiger partial charge in [-0.25, -0.2) is 4.39 Å². The molecule has 6 nitrogen and oxygen atoms in total. The highest BCUT2D eigenvalue weighted by atomic mass is 35.5. The average Bonchev–Trinajstić information content (AvgIpc) is 2.39. The summed E-state index contributed by atoms with van der Waals surface area (Å²) in [7, 11) is 1.52. The number of carbonyl (C=O) groups excluding carboxylic acids is 2. The second kappa shape index (κ2) is 9.15. The number of nitrogens with zero attached hydrogens (tertiary/aromatic N) is 1. The molecule has 0 saturated heterocycles. The number of primary amides is 1. The van der Waals surface area contributed by atoms with Crippen LogP contribution in [0.15, 0.2) is 24.3 Å². The molecular formula is C13H19ClFN3O3. The summed E-state index contributed by atoms with van der Waals surface area (Å²) in [6.07, 6.45) is -0.211. The molecule has 1 atom stereocenters. The molecule has 0 saturated carbocycles. The zero-order valence-corrected chi connectivity index (χ0v) is 12.4. The van der Waals surface area contributed by atoms with Crippen LogP contribution < -0.4 is 16.2 Å². The summed E-state index contributed by atoms with van der Waals surface area (Å²) in [6.45, 7) is 0.339. The van der Waals surface area contributed by atoms with Gasteiger partial charge in [-0.1, -0.05) is 12.1 Å². The van der Waals surface area contributed by atoms with Crippen molar-refractivity contribution >= 4 is 24.2 Å². The maximum Gasteiger partial charge on any atom is 0.239 e. The van der Waals surface area contributed by atoms with Gasteiger partial charge in [0.1, 0.15) is 6.61 Å². The molecule has 0 bridgehead atoms. The predicted molar refractivity (Wildman–Crippen MR) is 78.6 cm³/mol. The first kappa shape index (κ1) is 19.1. The highest BCUT2D eigenvalue weighted by Crippen LogP contribution is 2.14. The first-order chi connectivity index (χ1) is 9.41. The third-order valence-electron chi connectivity index (χ3n) is 2.64. The second-order valence-corrected chi connectivity index (χ2v) is 4.32. The SMILES string of the molecule is CN(CCOc1ccccc1F)C(=O)C(N)CC(N)=O.Cl. The molecule has 0 radical (unpaired) electrons. The molecule has 1 unspecified atom stereocenters. The monoisotopic (exact) mass is 319 g/mol. The largest absolute Gasteiger partial charge is 0.489 e. The molecule has 1 rings (SSSR count). The Labute approximate surface area is 128 Å². The fourth-order valence-electron chi connectivity index (χ4n) is 1.55. The number of amides is 2. The van der Waals surface area contributed by atoms with Crippen LogP contribution in [0, 0.1) is 5.82 Å². The molecule has 1 aromatic carbocycles. The van der Waals surface area contributed by atoms with E-state index in [4.69, 9.17) is 16.2 Å². The number of ether oxygens (including phenoxy) is 1. The van der Waals surface area contributed by atoms with Gasteiger partial charge in [-0.05, 0) is 12.1 Å². The molecule has 0 aromatic heterocycles. The van der Waals surface area contributed by atoms with E-state index in [1.807, 2.05) is 0 Å². The fourth-order valence-corrected chi connectivity index (χ4v) is 1.55. The van der Waals surface area contributed by atoms with E-state index in [2.05, 4.69) is 0 Å². The Kier molecular flexibility index (Phi) is 8.34. The molecule has 8 heteroatoms. The van der Waals surface area contributed by atoms with Crippen molar-refractivity contribution in [2.45, 2.75) is 12.5 Å². The predicted octanol–water partition coefficient (Wildman–Crippen LogP) is 0.287. The molecule has 0 spiro atoms. The van der Waals surface area contributed by atoms with Gasteiger partial charge in [0.05, 0.1) is 19.0 Å². The van der Waals surface area contributed by atoms with Gasteiger partial charge < -0.3 is 21.1 Å². The van der Waals surface area contributed by atoms with E-state index in [0.717, 1.165) is 0 Å². The molecule has 0 aliphatic heterocycles. The molecule has 4 N–H and O–H groups in total. The van der Waals surface area contributed by atoms with Crippen LogP contribution >= 0.6 is 12.4 Å². The quantitative estimate of drug-likeness (QED) is 0.754. The van der Waals surface area contributed by atoms with Gasteiger partial charge in [0.2, 0.25) is 11.8 Å². The lowest BCUT2D eigenvalue weighted by Gasteiger charge is -2.20. The summed E-state index contributed by atoms with van der Waals surface area (Å²) >= 11 is 0. The van der Waals surface area contributed by atoms with Crippen LogP contribution in [-0.2, 0) is 9.59 Å². The highest BCUT2D eigenvalue weighted by Gasteiger charge is 2.19. The third kappa shape index (κ3) is 6.42. The number of hydrogen-bond acceptors (Lipinski definition) is 4. The van der Waals surface area contributed by atoms with E-state index in [0.29, 0.717) is 0 Å². The summed E-state index contributed by atoms with van der Waals surface area (Å²) in [6, 6.07) is 5.02. The Morgan fingerprint density at radius 2 is 2.00 bits per heavy atom. The van der Waals surface area contributed by atoms with Crippen LogP contribution in [0.5, 0.6) is 5.75 Å². The standard InChI is InChI=1S/C13H18FN3O3.ClH/c1-17(13(19)10(15)8-12(16)18)6-7-20-11-5-3-2-4-9(11)14;/h2-5,10H,6-8,15H2,1H3,(H2,16,18);1H. The zero-order chi connectivity index (χ0) is 15.1. The molecule has 2 amide bonds. The number of nitrogens with two attached hydrogens (primary N) is 2. The van der Waals surface area contributed by atoms with Gasteiger partial charge >= 0.3 is 0 Å². The first-order valence-electron chi connectivity index (χ1n) is 6.08. The van der Waals surface area contributed by atoms with E-state index in [9.17, 15) is 14.0 Å². The van der Waals surface area contributed by atoms with E-state index >= 15 is 0 Å². The molecule has 0 aliphatic carbocycles. The molecule has 1 aromatic rings. The van der Waals surface area contributed by atoms with Crippen molar-refractivity contribution in [3.05, 3.63) is 30.1 Å². The van der Waals surface area contributed by atoms with Crippen LogP contribution in [0.2, 0.25) is 0 Å². The van der Waals surface area contributed by atoms with E-state index in [-0.39, 0.29) is 37.7 Å². The minimum atomic E-state index is -0.967. The topological polar surface area (TPSA) is 98.7 Å². The van der Waals surface area contributed by atoms with Gasteiger partial charge in [-0.3, -0.25) is 9.59 Å². The van der Waals surface area contributed by atoms with E-state index < -0.39 is 23.7 Å². The van der Waals surface area contributed by atoms with E-state index in [1.165, 1.54) is 24.1 Å². The Balaban J connectivity index is 0.00000400. The summed E-state index contributed by atoms with van der Waals surface area (Å²) in [5, 5.41) is 0. The van der Waals surface area contributed by atoms with Gasteiger partial charge in [-0.2, -0.15) is 0 Å². The second-order valence-electron chi connectivity index (χ2n) is 4.32. The van der Waals surface area contributed by atoms with Crippen molar-refractivity contribution in [3.63, 3.8) is 0 Å². The van der Waals surface area contributed by atoms with Crippen LogP contribution in [0.4, 0.5) is 4.39 Å². The summed E-state index contributed by atoms with van der Waals surface area (Å²) in [4.78, 5) is 23.7. The first-order valence-corrected chi connectivity index (χ1v) is 6.08. The third-order valence-corrected chi connectivity index (χ3v) is 2.64. The highest BCUT2D eigenvalue weighted by molar-refractivity contribution is 5.87. The minimum Gasteiger partial charge on any atom is -0.489 e. The lowest BCUT2D eigenvalue weighted by atomic mass is 10.2. The average molecular weight is 320 g/mol. The Morgan fingerprint density at radius 3 is 2.57 bits per heavy atom. The van der Waals surface area contributed by atoms with Gasteiger partial charge in [-0.15, -0.1) is 12.4 Å². The van der Waals surface area contributed by atoms with Gasteiger partial charge in [0.25, 0.3) is 0 Å². The lowest BCUT2D eigenvalue weighted by Crippen LogP contribution is -2.45. The van der Waals surface area contributed by atoms with Gasteiger partial charge in [0, 0.05) is 7.05 Å². The number of hydrogen-bond donors (Lipinski definition) is 2. The van der Waals surface area contributed by atoms with Crippen LogP contribution in [0.1, 0.15) is 6.42 Å². The van der Waals surface area contributed by atoms with Gasteiger partial charge in [0.15, 0.2) is 11.6 Å². The number of likely N-dealkylation sites (N-methyl/N-ethyl adjacent to an activating group) is 1. The lowest BCUT2D eigenvalue weighted by molar-refractivity contribution is -0.133. The van der Waals surface area contributed by atoms with Crippen molar-refractivity contribution in [1.82, 2.24) is 4.90 Å². The molecule has 118 valence electrons. The maximum absolute atomic E-state index is 13.3. The number of rotatable bonds is 7. The maximum atomic E-state index is 13.3. The Bertz CT molecular complexity index is 487. The fraction of sp³-hybridized carbons (Fsp3) is 0.385. The van der Waals surface area contributed by atoms with Crippen molar-refractivity contribution in [2.75, 3.05) is 20.2 Å². The van der Waals surface area contributed by atoms with Crippen LogP contribution in [0.3, 0.4) is 0 Å². The van der Waals surface area contributed by atoms with Crippen molar-refractivity contribution in [2.24, 2.45) is 11.5 Å². The molecule has 21 heavy (non-hydrogen) atoms. The van der Waals surface area contributed by atoms with Crippen molar-refractivity contribution in [3.8, 4) is 5.75 Å².